The summed E-state index contributed by atoms with van der Waals surface area (Å²) in [5.41, 5.74) is 6.98. The van der Waals surface area contributed by atoms with Crippen molar-refractivity contribution < 1.29 is 4.79 Å². The number of carbonyl (C=O) groups excluding carboxylic acids is 1. The molecule has 1 saturated carbocycles. The fourth-order valence-electron chi connectivity index (χ4n) is 2.38. The van der Waals surface area contributed by atoms with E-state index >= 15 is 0 Å². The molecule has 3 heteroatoms. The van der Waals surface area contributed by atoms with Crippen LogP contribution in [0.2, 0.25) is 0 Å². The lowest BCUT2D eigenvalue weighted by atomic mass is 9.98. The summed E-state index contributed by atoms with van der Waals surface area (Å²) in [5.74, 6) is 0.152. The molecule has 3 nitrogen and oxygen atoms in total. The van der Waals surface area contributed by atoms with Crippen LogP contribution in [0.25, 0.3) is 0 Å². The lowest BCUT2D eigenvalue weighted by Crippen LogP contribution is -2.41. The number of hydrogen-bond donors (Lipinski definition) is 1. The van der Waals surface area contributed by atoms with Crippen molar-refractivity contribution in [3.05, 3.63) is 35.9 Å². The highest BCUT2D eigenvalue weighted by atomic mass is 16.2. The molecule has 0 spiro atoms. The van der Waals surface area contributed by atoms with Gasteiger partial charge in [-0.3, -0.25) is 4.79 Å². The van der Waals surface area contributed by atoms with Gasteiger partial charge in [-0.2, -0.15) is 0 Å². The van der Waals surface area contributed by atoms with Crippen molar-refractivity contribution >= 4 is 5.91 Å². The number of amides is 1. The molecule has 0 radical (unpaired) electrons. The molecular weight excluding hydrogens is 224 g/mol. The number of nitrogens with zero attached hydrogens (tertiary/aromatic N) is 1. The van der Waals surface area contributed by atoms with Crippen LogP contribution in [-0.4, -0.2) is 29.9 Å². The fraction of sp³-hybridized carbons (Fsp3) is 0.533. The molecule has 2 N–H and O–H groups in total. The molecule has 18 heavy (non-hydrogen) atoms. The van der Waals surface area contributed by atoms with E-state index in [0.717, 1.165) is 25.8 Å². The molecule has 1 unspecified atom stereocenters. The summed E-state index contributed by atoms with van der Waals surface area (Å²) in [6, 6.07) is 10.6. The van der Waals surface area contributed by atoms with E-state index in [1.807, 2.05) is 30.0 Å². The Morgan fingerprint density at radius 2 is 2.06 bits per heavy atom. The maximum absolute atomic E-state index is 12.4. The lowest BCUT2D eigenvalue weighted by Gasteiger charge is -2.25. The average molecular weight is 246 g/mol. The average Bonchev–Trinajstić information content (AvgIpc) is 3.22. The van der Waals surface area contributed by atoms with Crippen LogP contribution in [0, 0.1) is 5.92 Å². The second-order valence-corrected chi connectivity index (χ2v) is 4.98. The Morgan fingerprint density at radius 3 is 2.56 bits per heavy atom. The van der Waals surface area contributed by atoms with Gasteiger partial charge in [0.15, 0.2) is 0 Å². The summed E-state index contributed by atoms with van der Waals surface area (Å²) in [4.78, 5) is 14.4. The Balaban J connectivity index is 2.01. The minimum Gasteiger partial charge on any atom is -0.340 e. The van der Waals surface area contributed by atoms with Crippen molar-refractivity contribution in [2.24, 2.45) is 11.7 Å². The summed E-state index contributed by atoms with van der Waals surface area (Å²) in [6.07, 6.45) is 3.06. The van der Waals surface area contributed by atoms with Crippen LogP contribution in [0.4, 0.5) is 0 Å². The van der Waals surface area contributed by atoms with Gasteiger partial charge in [0.05, 0.1) is 5.92 Å². The molecule has 1 aromatic rings. The fourth-order valence-corrected chi connectivity index (χ4v) is 2.38. The highest BCUT2D eigenvalue weighted by Gasteiger charge is 2.34. The van der Waals surface area contributed by atoms with E-state index in [2.05, 4.69) is 12.1 Å². The van der Waals surface area contributed by atoms with Crippen molar-refractivity contribution in [1.82, 2.24) is 4.90 Å². The maximum Gasteiger partial charge on any atom is 0.227 e. The second kappa shape index (κ2) is 6.01. The maximum atomic E-state index is 12.4. The van der Waals surface area contributed by atoms with Crippen molar-refractivity contribution in [1.29, 1.82) is 0 Å². The Bertz CT molecular complexity index is 387. The third-order valence-electron chi connectivity index (χ3n) is 3.57. The molecule has 0 heterocycles. The Labute approximate surface area is 109 Å². The predicted octanol–water partition coefficient (Wildman–Crippen LogP) is 1.81. The molecule has 0 saturated heterocycles. The third kappa shape index (κ3) is 3.10. The van der Waals surface area contributed by atoms with Crippen LogP contribution in [-0.2, 0) is 11.2 Å². The van der Waals surface area contributed by atoms with Gasteiger partial charge in [-0.1, -0.05) is 30.3 Å². The lowest BCUT2D eigenvalue weighted by molar-refractivity contribution is -0.135. The summed E-state index contributed by atoms with van der Waals surface area (Å²) >= 11 is 0. The molecule has 0 bridgehead atoms. The number of benzene rings is 1. The van der Waals surface area contributed by atoms with Gasteiger partial charge in [0.2, 0.25) is 5.91 Å². The summed E-state index contributed by atoms with van der Waals surface area (Å²) in [6.45, 7) is 3.28. The highest BCUT2D eigenvalue weighted by molar-refractivity contribution is 5.80. The number of rotatable bonds is 6. The van der Waals surface area contributed by atoms with Crippen LogP contribution < -0.4 is 5.73 Å². The zero-order valence-corrected chi connectivity index (χ0v) is 11.0. The first-order valence-electron chi connectivity index (χ1n) is 6.80. The summed E-state index contributed by atoms with van der Waals surface area (Å²) < 4.78 is 0. The molecule has 1 aliphatic carbocycles. The molecule has 2 rings (SSSR count). The predicted molar refractivity (Wildman–Crippen MR) is 73.1 cm³/mol. The first-order valence-corrected chi connectivity index (χ1v) is 6.80. The molecule has 1 atom stereocenters. The highest BCUT2D eigenvalue weighted by Crippen LogP contribution is 2.28. The van der Waals surface area contributed by atoms with Crippen LogP contribution in [0.5, 0.6) is 0 Å². The molecule has 0 aliphatic heterocycles. The molecule has 1 aliphatic rings. The van der Waals surface area contributed by atoms with Crippen LogP contribution in [0.1, 0.15) is 25.3 Å². The second-order valence-electron chi connectivity index (χ2n) is 4.98. The van der Waals surface area contributed by atoms with Crippen LogP contribution >= 0.6 is 0 Å². The van der Waals surface area contributed by atoms with Gasteiger partial charge < -0.3 is 10.6 Å². The van der Waals surface area contributed by atoms with Gasteiger partial charge in [-0.05, 0) is 31.7 Å². The van der Waals surface area contributed by atoms with Gasteiger partial charge in [0, 0.05) is 19.1 Å². The van der Waals surface area contributed by atoms with Crippen LogP contribution in [0.3, 0.4) is 0 Å². The van der Waals surface area contributed by atoms with Crippen molar-refractivity contribution in [2.75, 3.05) is 13.1 Å². The number of carbonyl (C=O) groups is 1. The smallest absolute Gasteiger partial charge is 0.227 e. The molecule has 1 aromatic carbocycles. The SMILES string of the molecule is CCN(C(=O)C(CN)Cc1ccccc1)C1CC1. The number of nitrogens with two attached hydrogens (primary N) is 1. The largest absolute Gasteiger partial charge is 0.340 e. The van der Waals surface area contributed by atoms with Gasteiger partial charge in [-0.15, -0.1) is 0 Å². The van der Waals surface area contributed by atoms with Crippen molar-refractivity contribution in [2.45, 2.75) is 32.2 Å². The molecular formula is C15H22N2O. The summed E-state index contributed by atoms with van der Waals surface area (Å²) in [5, 5.41) is 0. The van der Waals surface area contributed by atoms with Gasteiger partial charge in [0.1, 0.15) is 0 Å². The van der Waals surface area contributed by atoms with Crippen molar-refractivity contribution in [3.63, 3.8) is 0 Å². The summed E-state index contributed by atoms with van der Waals surface area (Å²) in [7, 11) is 0. The normalized spacial score (nSPS) is 16.3. The Morgan fingerprint density at radius 1 is 1.39 bits per heavy atom. The van der Waals surface area contributed by atoms with E-state index in [1.54, 1.807) is 0 Å². The molecule has 1 amide bonds. The third-order valence-corrected chi connectivity index (χ3v) is 3.57. The Hall–Kier alpha value is -1.35. The van der Waals surface area contributed by atoms with E-state index in [0.29, 0.717) is 12.6 Å². The topological polar surface area (TPSA) is 46.3 Å². The molecule has 0 aromatic heterocycles. The monoisotopic (exact) mass is 246 g/mol. The first kappa shape index (κ1) is 13.1. The molecule has 98 valence electrons. The zero-order chi connectivity index (χ0) is 13.0. The van der Waals surface area contributed by atoms with Crippen LogP contribution in [0.15, 0.2) is 30.3 Å². The van der Waals surface area contributed by atoms with Gasteiger partial charge in [0.25, 0.3) is 0 Å². The van der Waals surface area contributed by atoms with Crippen molar-refractivity contribution in [3.8, 4) is 0 Å². The minimum atomic E-state index is -0.0760. The quantitative estimate of drug-likeness (QED) is 0.832. The van der Waals surface area contributed by atoms with E-state index in [4.69, 9.17) is 5.73 Å². The minimum absolute atomic E-state index is 0.0760. The van der Waals surface area contributed by atoms with Gasteiger partial charge in [-0.25, -0.2) is 0 Å². The van der Waals surface area contributed by atoms with Gasteiger partial charge >= 0.3 is 0 Å². The Kier molecular flexibility index (Phi) is 4.37. The first-order chi connectivity index (χ1) is 8.76. The molecule has 1 fully saturated rings. The van der Waals surface area contributed by atoms with E-state index in [9.17, 15) is 4.79 Å². The van der Waals surface area contributed by atoms with E-state index in [1.165, 1.54) is 5.56 Å². The zero-order valence-electron chi connectivity index (χ0n) is 11.0. The van der Waals surface area contributed by atoms with E-state index in [-0.39, 0.29) is 11.8 Å². The standard InChI is InChI=1S/C15H22N2O/c1-2-17(14-8-9-14)15(18)13(11-16)10-12-6-4-3-5-7-12/h3-7,13-14H,2,8-11,16H2,1H3. The number of hydrogen-bond acceptors (Lipinski definition) is 2. The van der Waals surface area contributed by atoms with E-state index < -0.39 is 0 Å².